The molecule has 0 spiro atoms. The molecule has 0 bridgehead atoms. The molecular weight excluding hydrogens is 292 g/mol. The topological polar surface area (TPSA) is 108 Å². The van der Waals surface area contributed by atoms with Crippen LogP contribution in [0.3, 0.4) is 0 Å². The van der Waals surface area contributed by atoms with Crippen molar-refractivity contribution in [1.29, 1.82) is 0 Å². The first-order chi connectivity index (χ1) is 10.5. The molecule has 8 nitrogen and oxygen atoms in total. The van der Waals surface area contributed by atoms with E-state index in [1.54, 1.807) is 0 Å². The highest BCUT2D eigenvalue weighted by Gasteiger charge is 2.28. The summed E-state index contributed by atoms with van der Waals surface area (Å²) in [6, 6.07) is 2.82. The lowest BCUT2D eigenvalue weighted by molar-refractivity contribution is -0.715. The second-order valence-electron chi connectivity index (χ2n) is 5.11. The van der Waals surface area contributed by atoms with Crippen molar-refractivity contribution < 1.29 is 24.2 Å². The van der Waals surface area contributed by atoms with Gasteiger partial charge < -0.3 is 29.9 Å². The largest absolute Gasteiger partial charge is 0.627 e. The van der Waals surface area contributed by atoms with E-state index in [2.05, 4.69) is 4.98 Å². The lowest BCUT2D eigenvalue weighted by atomic mass is 9.87. The van der Waals surface area contributed by atoms with Crippen molar-refractivity contribution in [2.75, 3.05) is 14.2 Å². The Labute approximate surface area is 128 Å². The third-order valence-corrected chi connectivity index (χ3v) is 3.74. The average molecular weight is 311 g/mol. The molecule has 0 unspecified atom stereocenters. The molecule has 1 aliphatic carbocycles. The molecule has 0 atom stereocenters. The summed E-state index contributed by atoms with van der Waals surface area (Å²) in [5.41, 5.74) is -0.121. The molecule has 2 rings (SSSR count). The van der Waals surface area contributed by atoms with E-state index in [0.717, 1.165) is 0 Å². The lowest BCUT2D eigenvalue weighted by Crippen LogP contribution is -2.96. The summed E-state index contributed by atoms with van der Waals surface area (Å²) in [6.07, 6.45) is 2.77. The number of ether oxygens (including phenoxy) is 3. The number of aromatic nitrogens is 1. The van der Waals surface area contributed by atoms with Gasteiger partial charge in [0.25, 0.3) is 5.88 Å². The summed E-state index contributed by atoms with van der Waals surface area (Å²) >= 11 is 0. The monoisotopic (exact) mass is 311 g/mol. The molecule has 1 fully saturated rings. The Bertz CT molecular complexity index is 514. The van der Waals surface area contributed by atoms with Crippen LogP contribution in [0.2, 0.25) is 0 Å². The fraction of sp³-hybridized carbons (Fsp3) is 0.571. The minimum absolute atomic E-state index is 0.0410. The van der Waals surface area contributed by atoms with E-state index in [1.165, 1.54) is 26.4 Å². The number of carbonyl (C=O) groups excluding carboxylic acids is 1. The van der Waals surface area contributed by atoms with E-state index in [-0.39, 0.29) is 29.6 Å². The summed E-state index contributed by atoms with van der Waals surface area (Å²) in [5, 5.41) is 20.4. The first-order valence-electron chi connectivity index (χ1n) is 7.06. The first-order valence-corrected chi connectivity index (χ1v) is 7.06. The quantitative estimate of drug-likeness (QED) is 0.630. The van der Waals surface area contributed by atoms with Crippen LogP contribution in [-0.2, 0) is 9.53 Å². The predicted molar refractivity (Wildman–Crippen MR) is 76.5 cm³/mol. The van der Waals surface area contributed by atoms with Crippen molar-refractivity contribution in [3.8, 4) is 11.8 Å². The zero-order chi connectivity index (χ0) is 16.1. The maximum atomic E-state index is 11.5. The smallest absolute Gasteiger partial charge is 0.308 e. The van der Waals surface area contributed by atoms with Crippen LogP contribution in [-0.4, -0.2) is 31.3 Å². The van der Waals surface area contributed by atoms with Crippen LogP contribution in [0.15, 0.2) is 12.1 Å². The van der Waals surface area contributed by atoms with Crippen LogP contribution in [0.25, 0.3) is 0 Å². The Hall–Kier alpha value is -1.90. The molecule has 1 aliphatic rings. The summed E-state index contributed by atoms with van der Waals surface area (Å²) in [5.74, 6) is -0.00604. The maximum absolute atomic E-state index is 11.5. The highest BCUT2D eigenvalue weighted by atomic mass is 16.8. The molecule has 1 saturated carbocycles. The van der Waals surface area contributed by atoms with Gasteiger partial charge in [-0.15, -0.1) is 0 Å². The van der Waals surface area contributed by atoms with Gasteiger partial charge in [-0.2, -0.15) is 4.98 Å². The van der Waals surface area contributed by atoms with Gasteiger partial charge in [-0.3, -0.25) is 4.79 Å². The maximum Gasteiger partial charge on any atom is 0.308 e. The molecule has 1 aromatic heterocycles. The van der Waals surface area contributed by atoms with Gasteiger partial charge in [0, 0.05) is 12.1 Å². The van der Waals surface area contributed by atoms with Gasteiger partial charge in [0.1, 0.15) is 6.10 Å². The van der Waals surface area contributed by atoms with Crippen LogP contribution < -0.4 is 14.7 Å². The molecule has 0 aliphatic heterocycles. The molecule has 8 heteroatoms. The molecule has 22 heavy (non-hydrogen) atoms. The minimum atomic E-state index is -1.35. The molecule has 0 saturated heterocycles. The number of esters is 1. The third kappa shape index (κ3) is 3.85. The molecule has 1 heterocycles. The first kappa shape index (κ1) is 16.5. The Kier molecular flexibility index (Phi) is 5.53. The SMILES string of the molecule is COC(=O)C1CCC(Oc2ccc([NH+]([O-])[O-])c(OC)n2)CC1. The van der Waals surface area contributed by atoms with Crippen LogP contribution >= 0.6 is 0 Å². The zero-order valence-corrected chi connectivity index (χ0v) is 12.5. The molecule has 0 aromatic carbocycles. The Morgan fingerprint density at radius 1 is 1.23 bits per heavy atom. The van der Waals surface area contributed by atoms with Crippen LogP contribution in [0, 0.1) is 16.3 Å². The Balaban J connectivity index is 1.96. The van der Waals surface area contributed by atoms with Crippen molar-refractivity contribution >= 4 is 11.7 Å². The van der Waals surface area contributed by atoms with Crippen molar-refractivity contribution in [3.63, 3.8) is 0 Å². The lowest BCUT2D eigenvalue weighted by Gasteiger charge is -2.28. The number of carbonyl (C=O) groups is 1. The van der Waals surface area contributed by atoms with Crippen molar-refractivity contribution in [1.82, 2.24) is 4.98 Å². The standard InChI is InChI=1S/C14H19N2O6/c1-20-13-11(16(18)19)7-8-12(15-13)22-10-5-3-9(4-6-10)14(17)21-2/h7-10,16H,3-6H2,1-2H3/q-1. The summed E-state index contributed by atoms with van der Waals surface area (Å²) in [6.45, 7) is 0. The number of nitrogens with one attached hydrogen (secondary N) is 1. The van der Waals surface area contributed by atoms with Crippen LogP contribution in [0.1, 0.15) is 25.7 Å². The number of hydrogen-bond donors (Lipinski definition) is 1. The van der Waals surface area contributed by atoms with Gasteiger partial charge >= 0.3 is 5.97 Å². The second kappa shape index (κ2) is 7.39. The van der Waals surface area contributed by atoms with Gasteiger partial charge in [0.15, 0.2) is 5.69 Å². The van der Waals surface area contributed by atoms with Gasteiger partial charge in [-0.25, -0.2) is 0 Å². The molecule has 1 N–H and O–H groups in total. The summed E-state index contributed by atoms with van der Waals surface area (Å²) in [4.78, 5) is 15.5. The fourth-order valence-electron chi connectivity index (χ4n) is 2.55. The highest BCUT2D eigenvalue weighted by Crippen LogP contribution is 2.29. The van der Waals surface area contributed by atoms with Gasteiger partial charge in [-0.1, -0.05) is 0 Å². The van der Waals surface area contributed by atoms with Gasteiger partial charge in [-0.05, 0) is 25.7 Å². The van der Waals surface area contributed by atoms with Crippen molar-refractivity contribution in [2.24, 2.45) is 5.92 Å². The Morgan fingerprint density at radius 3 is 2.45 bits per heavy atom. The molecular formula is C14H19N2O6-. The predicted octanol–water partition coefficient (Wildman–Crippen LogP) is 0.713. The van der Waals surface area contributed by atoms with Crippen LogP contribution in [0.5, 0.6) is 11.8 Å². The van der Waals surface area contributed by atoms with E-state index >= 15 is 0 Å². The Morgan fingerprint density at radius 2 is 1.91 bits per heavy atom. The van der Waals surface area contributed by atoms with Gasteiger partial charge in [0.2, 0.25) is 5.88 Å². The van der Waals surface area contributed by atoms with E-state index in [1.807, 2.05) is 0 Å². The average Bonchev–Trinajstić information content (AvgIpc) is 2.54. The molecule has 122 valence electrons. The molecule has 0 radical (unpaired) electrons. The number of quaternary nitrogens is 1. The zero-order valence-electron chi connectivity index (χ0n) is 12.5. The summed E-state index contributed by atoms with van der Waals surface area (Å²) < 4.78 is 15.4. The second-order valence-corrected chi connectivity index (χ2v) is 5.11. The minimum Gasteiger partial charge on any atom is -0.627 e. The summed E-state index contributed by atoms with van der Waals surface area (Å²) in [7, 11) is 2.72. The number of rotatable bonds is 5. The van der Waals surface area contributed by atoms with E-state index < -0.39 is 5.23 Å². The highest BCUT2D eigenvalue weighted by molar-refractivity contribution is 5.72. The number of hydrogen-bond acceptors (Lipinski definition) is 7. The van der Waals surface area contributed by atoms with Crippen LogP contribution in [0.4, 0.5) is 5.69 Å². The van der Waals surface area contributed by atoms with E-state index in [0.29, 0.717) is 31.6 Å². The molecule has 0 amide bonds. The van der Waals surface area contributed by atoms with E-state index in [9.17, 15) is 15.2 Å². The van der Waals surface area contributed by atoms with Gasteiger partial charge in [0.05, 0.1) is 20.1 Å². The van der Waals surface area contributed by atoms with E-state index in [4.69, 9.17) is 14.2 Å². The third-order valence-electron chi connectivity index (χ3n) is 3.74. The normalized spacial score (nSPS) is 21.5. The number of pyridine rings is 1. The fourth-order valence-corrected chi connectivity index (χ4v) is 2.55. The number of nitrogens with zero attached hydrogens (tertiary/aromatic N) is 1. The number of methoxy groups -OCH3 is 2. The van der Waals surface area contributed by atoms with Crippen molar-refractivity contribution in [2.45, 2.75) is 31.8 Å². The van der Waals surface area contributed by atoms with Crippen molar-refractivity contribution in [3.05, 3.63) is 22.5 Å². The molecule has 1 aromatic rings.